The highest BCUT2D eigenvalue weighted by atomic mass is 32.2. The lowest BCUT2D eigenvalue weighted by molar-refractivity contribution is -0.131. The van der Waals surface area contributed by atoms with Crippen LogP contribution in [-0.4, -0.2) is 22.8 Å². The van der Waals surface area contributed by atoms with Crippen molar-refractivity contribution in [2.75, 3.05) is 5.94 Å². The van der Waals surface area contributed by atoms with Crippen LogP contribution in [0.3, 0.4) is 0 Å². The molecule has 0 aromatic heterocycles. The molecule has 1 aromatic rings. The predicted molar refractivity (Wildman–Crippen MR) is 49.8 cm³/mol. The molecule has 72 valence electrons. The third-order valence-electron chi connectivity index (χ3n) is 1.83. The Bertz CT molecular complexity index is 413. The standard InChI is InChI=1S/C9H6O4S/c10-8(9(11)12)5-1-2-6-7(3-5)14-4-13-6/h1-3H,4H2,(H,11,12). The highest BCUT2D eigenvalue weighted by molar-refractivity contribution is 7.99. The Morgan fingerprint density at radius 1 is 1.43 bits per heavy atom. The van der Waals surface area contributed by atoms with Gasteiger partial charge in [-0.3, -0.25) is 4.79 Å². The van der Waals surface area contributed by atoms with E-state index >= 15 is 0 Å². The van der Waals surface area contributed by atoms with Gasteiger partial charge in [0.2, 0.25) is 0 Å². The van der Waals surface area contributed by atoms with E-state index in [1.165, 1.54) is 17.8 Å². The minimum absolute atomic E-state index is 0.189. The summed E-state index contributed by atoms with van der Waals surface area (Å²) in [6.45, 7) is 0. The van der Waals surface area contributed by atoms with Crippen molar-refractivity contribution in [3.63, 3.8) is 0 Å². The molecule has 1 aliphatic rings. The van der Waals surface area contributed by atoms with Crippen LogP contribution < -0.4 is 4.74 Å². The molecule has 0 saturated heterocycles. The third kappa shape index (κ3) is 1.46. The van der Waals surface area contributed by atoms with E-state index in [1.54, 1.807) is 12.1 Å². The second kappa shape index (κ2) is 3.34. The zero-order valence-electron chi connectivity index (χ0n) is 7.02. The summed E-state index contributed by atoms with van der Waals surface area (Å²) in [5.41, 5.74) is 0.189. The number of carboxylic acids is 1. The maximum Gasteiger partial charge on any atom is 0.377 e. The van der Waals surface area contributed by atoms with Gasteiger partial charge in [-0.15, -0.1) is 0 Å². The van der Waals surface area contributed by atoms with Gasteiger partial charge < -0.3 is 9.84 Å². The van der Waals surface area contributed by atoms with Crippen molar-refractivity contribution in [3.05, 3.63) is 23.8 Å². The van der Waals surface area contributed by atoms with Crippen molar-refractivity contribution in [2.45, 2.75) is 4.90 Å². The van der Waals surface area contributed by atoms with Crippen molar-refractivity contribution < 1.29 is 19.4 Å². The lowest BCUT2D eigenvalue weighted by Gasteiger charge is -1.99. The number of fused-ring (bicyclic) bond motifs is 1. The summed E-state index contributed by atoms with van der Waals surface area (Å²) in [5, 5.41) is 8.50. The van der Waals surface area contributed by atoms with Crippen molar-refractivity contribution in [1.29, 1.82) is 0 Å². The monoisotopic (exact) mass is 210 g/mol. The quantitative estimate of drug-likeness (QED) is 0.590. The number of thioether (sulfide) groups is 1. The van der Waals surface area contributed by atoms with Crippen molar-refractivity contribution in [1.82, 2.24) is 0 Å². The molecule has 0 bridgehead atoms. The topological polar surface area (TPSA) is 63.6 Å². The lowest BCUT2D eigenvalue weighted by atomic mass is 10.1. The van der Waals surface area contributed by atoms with Crippen molar-refractivity contribution in [3.8, 4) is 5.75 Å². The molecule has 1 aromatic carbocycles. The van der Waals surface area contributed by atoms with E-state index in [0.29, 0.717) is 11.7 Å². The van der Waals surface area contributed by atoms with Gasteiger partial charge in [-0.1, -0.05) is 11.8 Å². The molecule has 4 nitrogen and oxygen atoms in total. The molecular weight excluding hydrogens is 204 g/mol. The highest BCUT2D eigenvalue weighted by Crippen LogP contribution is 2.36. The van der Waals surface area contributed by atoms with E-state index in [0.717, 1.165) is 4.90 Å². The SMILES string of the molecule is O=C(O)C(=O)c1ccc2c(c1)SCO2. The fourth-order valence-electron chi connectivity index (χ4n) is 1.16. The van der Waals surface area contributed by atoms with Crippen molar-refractivity contribution >= 4 is 23.5 Å². The van der Waals surface area contributed by atoms with E-state index in [9.17, 15) is 9.59 Å². The summed E-state index contributed by atoms with van der Waals surface area (Å²) in [6, 6.07) is 4.62. The molecule has 2 rings (SSSR count). The molecule has 0 spiro atoms. The summed E-state index contributed by atoms with van der Waals surface area (Å²) < 4.78 is 5.20. The molecule has 0 radical (unpaired) electrons. The van der Waals surface area contributed by atoms with E-state index < -0.39 is 11.8 Å². The number of hydrogen-bond acceptors (Lipinski definition) is 4. The van der Waals surface area contributed by atoms with Crippen LogP contribution in [0.4, 0.5) is 0 Å². The molecule has 0 aliphatic carbocycles. The molecule has 0 amide bonds. The summed E-state index contributed by atoms with van der Waals surface area (Å²) in [4.78, 5) is 22.3. The second-order valence-corrected chi connectivity index (χ2v) is 3.67. The van der Waals surface area contributed by atoms with Gasteiger partial charge in [-0.05, 0) is 18.2 Å². The summed E-state index contributed by atoms with van der Waals surface area (Å²) in [5.74, 6) is -1.11. The van der Waals surface area contributed by atoms with E-state index in [1.807, 2.05) is 0 Å². The van der Waals surface area contributed by atoms with Gasteiger partial charge >= 0.3 is 5.97 Å². The van der Waals surface area contributed by atoms with Crippen LogP contribution >= 0.6 is 11.8 Å². The number of aliphatic carboxylic acids is 1. The Morgan fingerprint density at radius 3 is 2.93 bits per heavy atom. The maximum absolute atomic E-state index is 11.1. The first-order chi connectivity index (χ1) is 6.68. The average molecular weight is 210 g/mol. The lowest BCUT2D eigenvalue weighted by Crippen LogP contribution is -2.12. The van der Waals surface area contributed by atoms with Crippen LogP contribution in [0, 0.1) is 0 Å². The summed E-state index contributed by atoms with van der Waals surface area (Å²) >= 11 is 1.44. The maximum atomic E-state index is 11.1. The van der Waals surface area contributed by atoms with Gasteiger partial charge in [0, 0.05) is 5.56 Å². The fourth-order valence-corrected chi connectivity index (χ4v) is 1.95. The summed E-state index contributed by atoms with van der Waals surface area (Å²) in [7, 11) is 0. The first-order valence-electron chi connectivity index (χ1n) is 3.86. The highest BCUT2D eigenvalue weighted by Gasteiger charge is 2.19. The van der Waals surface area contributed by atoms with Crippen LogP contribution in [0.15, 0.2) is 23.1 Å². The molecule has 1 heterocycles. The fraction of sp³-hybridized carbons (Fsp3) is 0.111. The Balaban J connectivity index is 2.38. The zero-order valence-corrected chi connectivity index (χ0v) is 7.84. The predicted octanol–water partition coefficient (Wildman–Crippen LogP) is 1.40. The molecule has 1 aliphatic heterocycles. The van der Waals surface area contributed by atoms with Gasteiger partial charge in [-0.25, -0.2) is 4.79 Å². The van der Waals surface area contributed by atoms with E-state index in [2.05, 4.69) is 0 Å². The number of carbonyl (C=O) groups excluding carboxylic acids is 1. The molecule has 0 fully saturated rings. The number of Topliss-reactive ketones (excluding diaryl/α,β-unsaturated/α-hetero) is 1. The first kappa shape index (κ1) is 9.08. The largest absolute Gasteiger partial charge is 0.481 e. The number of hydrogen-bond donors (Lipinski definition) is 1. The molecule has 0 atom stereocenters. The normalized spacial score (nSPS) is 13.1. The third-order valence-corrected chi connectivity index (χ3v) is 2.69. The van der Waals surface area contributed by atoms with Crippen molar-refractivity contribution in [2.24, 2.45) is 0 Å². The van der Waals surface area contributed by atoms with Gasteiger partial charge in [0.05, 0.1) is 4.90 Å². The van der Waals surface area contributed by atoms with Crippen LogP contribution in [-0.2, 0) is 4.79 Å². The number of rotatable bonds is 2. The Labute approximate surface area is 83.9 Å². The number of carbonyl (C=O) groups is 2. The molecule has 1 N–H and O–H groups in total. The number of carboxylic acid groups (broad SMARTS) is 1. The Hall–Kier alpha value is -1.49. The molecule has 0 unspecified atom stereocenters. The molecular formula is C9H6O4S. The van der Waals surface area contributed by atoms with Crippen LogP contribution in [0.5, 0.6) is 5.75 Å². The number of ether oxygens (including phenoxy) is 1. The van der Waals surface area contributed by atoms with Crippen LogP contribution in [0.2, 0.25) is 0 Å². The minimum Gasteiger partial charge on any atom is -0.481 e. The molecule has 5 heteroatoms. The summed E-state index contributed by atoms with van der Waals surface area (Å²) in [6.07, 6.45) is 0. The number of ketones is 1. The Morgan fingerprint density at radius 2 is 2.21 bits per heavy atom. The number of benzene rings is 1. The zero-order chi connectivity index (χ0) is 10.1. The van der Waals surface area contributed by atoms with Gasteiger partial charge in [0.25, 0.3) is 5.78 Å². The molecule has 14 heavy (non-hydrogen) atoms. The minimum atomic E-state index is -1.44. The van der Waals surface area contributed by atoms with Gasteiger partial charge in [0.1, 0.15) is 11.7 Å². The second-order valence-electron chi connectivity index (χ2n) is 2.70. The van der Waals surface area contributed by atoms with Gasteiger partial charge in [0.15, 0.2) is 0 Å². The Kier molecular flexibility index (Phi) is 2.17. The van der Waals surface area contributed by atoms with Gasteiger partial charge in [-0.2, -0.15) is 0 Å². The average Bonchev–Trinajstić information content (AvgIpc) is 2.62. The van der Waals surface area contributed by atoms with Crippen LogP contribution in [0.25, 0.3) is 0 Å². The van der Waals surface area contributed by atoms with E-state index in [4.69, 9.17) is 9.84 Å². The van der Waals surface area contributed by atoms with Crippen LogP contribution in [0.1, 0.15) is 10.4 Å². The smallest absolute Gasteiger partial charge is 0.377 e. The van der Waals surface area contributed by atoms with E-state index in [-0.39, 0.29) is 5.56 Å². The first-order valence-corrected chi connectivity index (χ1v) is 4.84. The molecule has 0 saturated carbocycles.